The second-order valence-electron chi connectivity index (χ2n) is 7.38. The number of carbonyl (C=O) groups is 1. The van der Waals surface area contributed by atoms with E-state index >= 15 is 0 Å². The van der Waals surface area contributed by atoms with Crippen molar-refractivity contribution in [1.82, 2.24) is 0 Å². The highest BCUT2D eigenvalue weighted by Gasteiger charge is 2.24. The Kier molecular flexibility index (Phi) is 5.89. The fourth-order valence-corrected chi connectivity index (χ4v) is 2.61. The van der Waals surface area contributed by atoms with E-state index in [1.165, 1.54) is 32.1 Å². The molecule has 0 bridgehead atoms. The second-order valence-corrected chi connectivity index (χ2v) is 7.38. The van der Waals surface area contributed by atoms with E-state index in [1.807, 2.05) is 13.8 Å². The van der Waals surface area contributed by atoms with Crippen LogP contribution in [-0.4, -0.2) is 37.1 Å². The van der Waals surface area contributed by atoms with Gasteiger partial charge in [0.2, 0.25) is 0 Å². The fourth-order valence-electron chi connectivity index (χ4n) is 2.61. The molecule has 7 nitrogen and oxygen atoms in total. The standard InChI is InChI=1S/C21H24O7/c1-11(2)5-8-16(28-17(25)10-21(3,4)27)12-9-15(24)18-13(22)6-7-14(23)19(18)20(12)26/h5-9,22-24,26-27H,10H2,1-4H3/b16-8-. The summed E-state index contributed by atoms with van der Waals surface area (Å²) in [6, 6.07) is 3.47. The highest BCUT2D eigenvalue weighted by molar-refractivity contribution is 6.04. The van der Waals surface area contributed by atoms with Crippen LogP contribution in [0, 0.1) is 0 Å². The number of fused-ring (bicyclic) bond motifs is 1. The lowest BCUT2D eigenvalue weighted by Crippen LogP contribution is -2.24. The van der Waals surface area contributed by atoms with Crippen LogP contribution in [0.4, 0.5) is 0 Å². The first-order valence-electron chi connectivity index (χ1n) is 8.59. The van der Waals surface area contributed by atoms with Gasteiger partial charge in [-0.1, -0.05) is 11.6 Å². The van der Waals surface area contributed by atoms with Gasteiger partial charge >= 0.3 is 5.97 Å². The molecule has 0 saturated carbocycles. The molecule has 0 fully saturated rings. The summed E-state index contributed by atoms with van der Waals surface area (Å²) >= 11 is 0. The predicted molar refractivity (Wildman–Crippen MR) is 105 cm³/mol. The first kappa shape index (κ1) is 21.1. The van der Waals surface area contributed by atoms with Gasteiger partial charge in [0.1, 0.15) is 28.8 Å². The topological polar surface area (TPSA) is 127 Å². The summed E-state index contributed by atoms with van der Waals surface area (Å²) in [5, 5.41) is 50.6. The van der Waals surface area contributed by atoms with Crippen molar-refractivity contribution >= 4 is 22.5 Å². The van der Waals surface area contributed by atoms with Gasteiger partial charge < -0.3 is 30.3 Å². The highest BCUT2D eigenvalue weighted by atomic mass is 16.5. The van der Waals surface area contributed by atoms with Crippen LogP contribution >= 0.6 is 0 Å². The van der Waals surface area contributed by atoms with Crippen LogP contribution in [-0.2, 0) is 9.53 Å². The lowest BCUT2D eigenvalue weighted by molar-refractivity contribution is -0.140. The van der Waals surface area contributed by atoms with Crippen molar-refractivity contribution < 1.29 is 35.1 Å². The van der Waals surface area contributed by atoms with Crippen LogP contribution in [0.25, 0.3) is 16.5 Å². The molecule has 150 valence electrons. The zero-order chi connectivity index (χ0) is 21.2. The Balaban J connectivity index is 2.67. The maximum Gasteiger partial charge on any atom is 0.314 e. The predicted octanol–water partition coefficient (Wildman–Crippen LogP) is 3.67. The van der Waals surface area contributed by atoms with Gasteiger partial charge in [0.25, 0.3) is 0 Å². The fraction of sp³-hybridized carbons (Fsp3) is 0.286. The molecule has 0 spiro atoms. The van der Waals surface area contributed by atoms with Crippen molar-refractivity contribution in [1.29, 1.82) is 0 Å². The van der Waals surface area contributed by atoms with Gasteiger partial charge in [-0.05, 0) is 52.0 Å². The summed E-state index contributed by atoms with van der Waals surface area (Å²) in [6.07, 6.45) is 2.76. The largest absolute Gasteiger partial charge is 0.507 e. The monoisotopic (exact) mass is 388 g/mol. The SMILES string of the molecule is CC(C)=C/C=C(\OC(=O)CC(C)(C)O)c1cc(O)c2c(O)ccc(O)c2c1O. The molecule has 2 rings (SSSR count). The van der Waals surface area contributed by atoms with E-state index in [9.17, 15) is 30.3 Å². The number of phenols is 4. The number of esters is 1. The van der Waals surface area contributed by atoms with Crippen molar-refractivity contribution in [3.05, 3.63) is 41.5 Å². The summed E-state index contributed by atoms with van der Waals surface area (Å²) in [7, 11) is 0. The van der Waals surface area contributed by atoms with Gasteiger partial charge in [-0.3, -0.25) is 4.79 Å². The molecule has 0 radical (unpaired) electrons. The van der Waals surface area contributed by atoms with Crippen LogP contribution in [0.15, 0.2) is 35.9 Å². The first-order chi connectivity index (χ1) is 12.9. The minimum atomic E-state index is -1.30. The molecule has 2 aromatic carbocycles. The van der Waals surface area contributed by atoms with E-state index in [2.05, 4.69) is 0 Å². The molecule has 0 atom stereocenters. The highest BCUT2D eigenvalue weighted by Crippen LogP contribution is 2.46. The molecule has 0 aromatic heterocycles. The van der Waals surface area contributed by atoms with E-state index in [-0.39, 0.29) is 40.0 Å². The van der Waals surface area contributed by atoms with Crippen molar-refractivity contribution in [3.8, 4) is 23.0 Å². The van der Waals surface area contributed by atoms with Crippen molar-refractivity contribution in [2.75, 3.05) is 0 Å². The molecule has 0 unspecified atom stereocenters. The Morgan fingerprint density at radius 3 is 2.11 bits per heavy atom. The molecular weight excluding hydrogens is 364 g/mol. The number of carbonyl (C=O) groups excluding carboxylic acids is 1. The Bertz CT molecular complexity index is 975. The Hall–Kier alpha value is -3.19. The van der Waals surface area contributed by atoms with Gasteiger partial charge in [0.05, 0.1) is 28.4 Å². The molecule has 0 heterocycles. The second kappa shape index (κ2) is 7.82. The summed E-state index contributed by atoms with van der Waals surface area (Å²) in [5.41, 5.74) is -0.482. The maximum absolute atomic E-state index is 12.2. The van der Waals surface area contributed by atoms with E-state index in [0.717, 1.165) is 11.6 Å². The van der Waals surface area contributed by atoms with Crippen molar-refractivity contribution in [3.63, 3.8) is 0 Å². The zero-order valence-electron chi connectivity index (χ0n) is 16.1. The Labute approximate surface area is 162 Å². The molecule has 0 saturated heterocycles. The van der Waals surface area contributed by atoms with Crippen LogP contribution in [0.1, 0.15) is 39.7 Å². The summed E-state index contributed by atoms with van der Waals surface area (Å²) in [6.45, 7) is 6.53. The molecule has 0 aliphatic rings. The maximum atomic E-state index is 12.2. The molecule has 0 aliphatic carbocycles. The van der Waals surface area contributed by atoms with E-state index < -0.39 is 23.1 Å². The van der Waals surface area contributed by atoms with Crippen LogP contribution in [0.2, 0.25) is 0 Å². The molecule has 2 aromatic rings. The third kappa shape index (κ3) is 4.75. The zero-order valence-corrected chi connectivity index (χ0v) is 16.1. The average molecular weight is 388 g/mol. The van der Waals surface area contributed by atoms with E-state index in [1.54, 1.807) is 6.08 Å². The van der Waals surface area contributed by atoms with Gasteiger partial charge in [0, 0.05) is 0 Å². The van der Waals surface area contributed by atoms with Crippen molar-refractivity contribution in [2.24, 2.45) is 0 Å². The van der Waals surface area contributed by atoms with Crippen LogP contribution in [0.3, 0.4) is 0 Å². The lowest BCUT2D eigenvalue weighted by atomic mass is 10.0. The van der Waals surface area contributed by atoms with E-state index in [4.69, 9.17) is 4.74 Å². The minimum absolute atomic E-state index is 0.0625. The Morgan fingerprint density at radius 1 is 1.00 bits per heavy atom. The van der Waals surface area contributed by atoms with Crippen LogP contribution in [0.5, 0.6) is 23.0 Å². The summed E-state index contributed by atoms with van der Waals surface area (Å²) in [5.74, 6) is -2.44. The quantitative estimate of drug-likeness (QED) is 0.229. The number of aliphatic hydroxyl groups is 1. The smallest absolute Gasteiger partial charge is 0.314 e. The van der Waals surface area contributed by atoms with E-state index in [0.29, 0.717) is 0 Å². The van der Waals surface area contributed by atoms with Gasteiger partial charge in [0.15, 0.2) is 0 Å². The van der Waals surface area contributed by atoms with Crippen molar-refractivity contribution in [2.45, 2.75) is 39.7 Å². The number of benzene rings is 2. The number of aromatic hydroxyl groups is 4. The molecule has 0 aliphatic heterocycles. The van der Waals surface area contributed by atoms with Gasteiger partial charge in [-0.15, -0.1) is 0 Å². The first-order valence-corrected chi connectivity index (χ1v) is 8.59. The molecule has 5 N–H and O–H groups in total. The summed E-state index contributed by atoms with van der Waals surface area (Å²) < 4.78 is 5.32. The third-order valence-corrected chi connectivity index (χ3v) is 3.82. The minimum Gasteiger partial charge on any atom is -0.507 e. The van der Waals surface area contributed by atoms with Gasteiger partial charge in [-0.25, -0.2) is 0 Å². The Morgan fingerprint density at radius 2 is 1.57 bits per heavy atom. The number of phenolic OH excluding ortho intramolecular Hbond substituents is 4. The number of hydrogen-bond donors (Lipinski definition) is 5. The summed E-state index contributed by atoms with van der Waals surface area (Å²) in [4.78, 5) is 12.2. The molecule has 7 heteroatoms. The molecular formula is C21H24O7. The van der Waals surface area contributed by atoms with Crippen LogP contribution < -0.4 is 0 Å². The molecule has 0 amide bonds. The lowest BCUT2D eigenvalue weighted by Gasteiger charge is -2.18. The number of rotatable bonds is 5. The van der Waals surface area contributed by atoms with Gasteiger partial charge in [-0.2, -0.15) is 0 Å². The number of hydrogen-bond acceptors (Lipinski definition) is 7. The number of ether oxygens (including phenoxy) is 1. The number of allylic oxidation sites excluding steroid dienone is 3. The normalized spacial score (nSPS) is 12.1. The molecule has 28 heavy (non-hydrogen) atoms. The third-order valence-electron chi connectivity index (χ3n) is 3.82. The average Bonchev–Trinajstić information content (AvgIpc) is 2.55.